The van der Waals surface area contributed by atoms with Gasteiger partial charge in [0.25, 0.3) is 16.6 Å². The number of rotatable bonds is 13. The van der Waals surface area contributed by atoms with E-state index in [1.807, 2.05) is 93.6 Å². The summed E-state index contributed by atoms with van der Waals surface area (Å²) in [7, 11) is -5.57. The molecule has 1 saturated heterocycles. The molecule has 1 aliphatic heterocycles. The zero-order valence-corrected chi connectivity index (χ0v) is 38.7. The fourth-order valence-corrected chi connectivity index (χ4v) is 18.7. The first-order valence-corrected chi connectivity index (χ1v) is 24.8. The van der Waals surface area contributed by atoms with E-state index in [4.69, 9.17) is 18.3 Å². The Kier molecular flexibility index (Phi) is 12.6. The van der Waals surface area contributed by atoms with Crippen molar-refractivity contribution in [2.24, 2.45) is 10.8 Å². The molecule has 0 spiro atoms. The zero-order chi connectivity index (χ0) is 43.2. The van der Waals surface area contributed by atoms with Gasteiger partial charge in [0.05, 0.1) is 38.6 Å². The lowest BCUT2D eigenvalue weighted by atomic mass is 9.98. The molecular formula is C49H66F2O6Si2. The fourth-order valence-electron chi connectivity index (χ4n) is 9.50. The summed E-state index contributed by atoms with van der Waals surface area (Å²) < 4.78 is 57.0. The van der Waals surface area contributed by atoms with Crippen LogP contribution in [0.1, 0.15) is 82.1 Å². The Morgan fingerprint density at radius 2 is 0.983 bits per heavy atom. The Hall–Kier alpha value is -3.07. The highest BCUT2D eigenvalue weighted by atomic mass is 28.4. The van der Waals surface area contributed by atoms with Gasteiger partial charge in [-0.1, -0.05) is 177 Å². The van der Waals surface area contributed by atoms with Gasteiger partial charge in [-0.05, 0) is 57.5 Å². The molecule has 2 aliphatic carbocycles. The number of aliphatic hydroxyl groups is 2. The van der Waals surface area contributed by atoms with E-state index in [-0.39, 0.29) is 35.8 Å². The summed E-state index contributed by atoms with van der Waals surface area (Å²) in [4.78, 5) is 0. The number of benzene rings is 4. The van der Waals surface area contributed by atoms with E-state index >= 15 is 8.78 Å². The minimum Gasteiger partial charge on any atom is -0.404 e. The summed E-state index contributed by atoms with van der Waals surface area (Å²) in [6, 6.07) is 41.0. The molecule has 7 rings (SSSR count). The van der Waals surface area contributed by atoms with Crippen LogP contribution in [0.3, 0.4) is 0 Å². The van der Waals surface area contributed by atoms with Gasteiger partial charge in [-0.3, -0.25) is 0 Å². The van der Waals surface area contributed by atoms with Gasteiger partial charge in [0, 0.05) is 10.8 Å². The standard InChI is InChI=1S/C26H35FO3Si.C23H31FO3Si/c1-23(2,3)31(20-13-9-7-10-14-20,21-15-11-8-12-16-21)29-19-26(27)18-25(26,6)22-17-28-24(4,5)30-22;1-21(2,3)28(18-11-7-5-8-12-18,19-13-9-6-10-14-19)27-17-23(24)16-22(23,4)20(26)15-25/h7-16,22H,17-19H2,1-6H3;5-14,20,25-26H,15-17H2,1-4H3/t22-,25+,26+;20-,22+,23+/m11/s1. The Morgan fingerprint density at radius 1 is 0.627 bits per heavy atom. The number of hydrogen-bond acceptors (Lipinski definition) is 6. The molecule has 2 saturated carbocycles. The summed E-state index contributed by atoms with van der Waals surface area (Å²) in [6.45, 7) is 20.5. The molecule has 0 radical (unpaired) electrons. The first kappa shape index (κ1) is 45.5. The van der Waals surface area contributed by atoms with Crippen LogP contribution in [0.5, 0.6) is 0 Å². The average molecular weight is 845 g/mol. The van der Waals surface area contributed by atoms with E-state index in [0.717, 1.165) is 10.4 Å². The summed E-state index contributed by atoms with van der Waals surface area (Å²) in [5.41, 5.74) is -4.62. The maximum Gasteiger partial charge on any atom is 0.261 e. The molecule has 59 heavy (non-hydrogen) atoms. The molecule has 6 atom stereocenters. The molecule has 0 aromatic heterocycles. The van der Waals surface area contributed by atoms with Gasteiger partial charge in [0.15, 0.2) is 5.79 Å². The minimum atomic E-state index is -2.81. The third-order valence-corrected chi connectivity index (χ3v) is 23.6. The molecule has 3 fully saturated rings. The van der Waals surface area contributed by atoms with Crippen molar-refractivity contribution < 1.29 is 37.3 Å². The third-order valence-electron chi connectivity index (χ3n) is 13.6. The second-order valence-corrected chi connectivity index (χ2v) is 28.7. The topological polar surface area (TPSA) is 77.4 Å². The minimum absolute atomic E-state index is 0.0665. The lowest BCUT2D eigenvalue weighted by Crippen LogP contribution is -2.67. The molecule has 320 valence electrons. The molecule has 1 heterocycles. The number of halogens is 2. The highest BCUT2D eigenvalue weighted by Crippen LogP contribution is 2.64. The van der Waals surface area contributed by atoms with E-state index in [2.05, 4.69) is 90.1 Å². The summed E-state index contributed by atoms with van der Waals surface area (Å²) >= 11 is 0. The molecule has 0 bridgehead atoms. The Balaban J connectivity index is 0.000000199. The molecule has 10 heteroatoms. The number of aliphatic hydroxyl groups excluding tert-OH is 2. The van der Waals surface area contributed by atoms with Crippen LogP contribution in [-0.2, 0) is 18.3 Å². The first-order chi connectivity index (χ1) is 27.5. The second-order valence-electron chi connectivity index (χ2n) is 20.0. The van der Waals surface area contributed by atoms with Gasteiger partial charge >= 0.3 is 0 Å². The molecular weight excluding hydrogens is 779 g/mol. The van der Waals surface area contributed by atoms with Crippen molar-refractivity contribution in [1.82, 2.24) is 0 Å². The number of ether oxygens (including phenoxy) is 2. The van der Waals surface area contributed by atoms with Crippen molar-refractivity contribution in [3.05, 3.63) is 121 Å². The van der Waals surface area contributed by atoms with Crippen molar-refractivity contribution in [2.45, 2.75) is 121 Å². The number of alkyl halides is 2. The Morgan fingerprint density at radius 3 is 1.29 bits per heavy atom. The predicted molar refractivity (Wildman–Crippen MR) is 238 cm³/mol. The third kappa shape index (κ3) is 8.33. The van der Waals surface area contributed by atoms with Gasteiger partial charge < -0.3 is 28.5 Å². The second kappa shape index (κ2) is 16.3. The van der Waals surface area contributed by atoms with E-state index in [1.165, 1.54) is 10.4 Å². The van der Waals surface area contributed by atoms with Crippen molar-refractivity contribution in [3.63, 3.8) is 0 Å². The van der Waals surface area contributed by atoms with Crippen LogP contribution in [0.15, 0.2) is 121 Å². The number of hydrogen-bond donors (Lipinski definition) is 2. The molecule has 0 unspecified atom stereocenters. The summed E-state index contributed by atoms with van der Waals surface area (Å²) in [6.07, 6.45) is -0.710. The van der Waals surface area contributed by atoms with Gasteiger partial charge in [-0.15, -0.1) is 0 Å². The maximum absolute atomic E-state index is 16.2. The highest BCUT2D eigenvalue weighted by Gasteiger charge is 2.73. The SMILES string of the molecule is CC(C)(C)[Si](OC[C@@]1(F)C[C@@]1(C)[C@H](O)CO)(c1ccccc1)c1ccccc1.CC1(C)OC[C@H]([C@]2(C)C[C@]2(F)CO[Si](c2ccccc2)(c2ccccc2)C(C)(C)C)O1. The molecule has 6 nitrogen and oxygen atoms in total. The maximum atomic E-state index is 16.2. The smallest absolute Gasteiger partial charge is 0.261 e. The molecule has 4 aromatic rings. The lowest BCUT2D eigenvalue weighted by molar-refractivity contribution is -0.148. The van der Waals surface area contributed by atoms with Crippen molar-refractivity contribution in [3.8, 4) is 0 Å². The molecule has 2 N–H and O–H groups in total. The van der Waals surface area contributed by atoms with Crippen LogP contribution in [0.25, 0.3) is 0 Å². The molecule has 4 aromatic carbocycles. The fraction of sp³-hybridized carbons (Fsp3) is 0.510. The van der Waals surface area contributed by atoms with Gasteiger partial charge in [-0.2, -0.15) is 0 Å². The zero-order valence-electron chi connectivity index (χ0n) is 36.7. The van der Waals surface area contributed by atoms with Crippen LogP contribution >= 0.6 is 0 Å². The first-order valence-electron chi connectivity index (χ1n) is 21.0. The van der Waals surface area contributed by atoms with Gasteiger partial charge in [0.2, 0.25) is 0 Å². The summed E-state index contributed by atoms with van der Waals surface area (Å²) in [5.74, 6) is -0.657. The van der Waals surface area contributed by atoms with E-state index in [0.29, 0.717) is 13.0 Å². The van der Waals surface area contributed by atoms with Crippen molar-refractivity contribution in [1.29, 1.82) is 0 Å². The van der Waals surface area contributed by atoms with Crippen LogP contribution in [0, 0.1) is 10.8 Å². The lowest BCUT2D eigenvalue weighted by Gasteiger charge is -2.43. The van der Waals surface area contributed by atoms with Gasteiger partial charge in [-0.25, -0.2) is 8.78 Å². The van der Waals surface area contributed by atoms with Crippen molar-refractivity contribution >= 4 is 37.4 Å². The molecule has 3 aliphatic rings. The Bertz CT molecular complexity index is 1910. The van der Waals surface area contributed by atoms with E-state index in [9.17, 15) is 10.2 Å². The monoisotopic (exact) mass is 844 g/mol. The summed E-state index contributed by atoms with van der Waals surface area (Å²) in [5, 5.41) is 23.5. The predicted octanol–water partition coefficient (Wildman–Crippen LogP) is 7.87. The van der Waals surface area contributed by atoms with Crippen LogP contribution in [0.4, 0.5) is 8.78 Å². The van der Waals surface area contributed by atoms with Gasteiger partial charge in [0.1, 0.15) is 11.3 Å². The van der Waals surface area contributed by atoms with Crippen LogP contribution < -0.4 is 20.7 Å². The van der Waals surface area contributed by atoms with E-state index in [1.54, 1.807) is 6.92 Å². The molecule has 0 amide bonds. The van der Waals surface area contributed by atoms with Crippen LogP contribution in [0.2, 0.25) is 10.1 Å². The highest BCUT2D eigenvalue weighted by molar-refractivity contribution is 7.00. The normalized spacial score (nSPS) is 28.3. The quantitative estimate of drug-likeness (QED) is 0.134. The van der Waals surface area contributed by atoms with Crippen LogP contribution in [-0.4, -0.2) is 82.6 Å². The largest absolute Gasteiger partial charge is 0.404 e. The average Bonchev–Trinajstić information content (AvgIpc) is 3.89. The van der Waals surface area contributed by atoms with E-state index < -0.39 is 57.3 Å². The van der Waals surface area contributed by atoms with Crippen molar-refractivity contribution in [2.75, 3.05) is 26.4 Å². The Labute approximate surface area is 353 Å².